The number of nitrogens with zero attached hydrogens (tertiary/aromatic N) is 4. The number of pyridine rings is 1. The van der Waals surface area contributed by atoms with Crippen LogP contribution in [0.2, 0.25) is 0 Å². The molecule has 1 aromatic carbocycles. The number of aromatic nitrogens is 3. The van der Waals surface area contributed by atoms with E-state index in [4.69, 9.17) is 14.5 Å². The molecule has 0 amide bonds. The quantitative estimate of drug-likeness (QED) is 0.429. The molecule has 3 heterocycles. The van der Waals surface area contributed by atoms with Gasteiger partial charge in [-0.2, -0.15) is 4.98 Å². The average molecular weight is 473 g/mol. The number of nitrogens with one attached hydrogen (secondary N) is 2. The van der Waals surface area contributed by atoms with Crippen molar-refractivity contribution in [3.05, 3.63) is 60.0 Å². The van der Waals surface area contributed by atoms with E-state index >= 15 is 0 Å². The van der Waals surface area contributed by atoms with Crippen molar-refractivity contribution >= 4 is 23.1 Å². The van der Waals surface area contributed by atoms with Gasteiger partial charge in [0.1, 0.15) is 11.6 Å². The van der Waals surface area contributed by atoms with Crippen molar-refractivity contribution in [1.82, 2.24) is 19.9 Å². The van der Waals surface area contributed by atoms with Gasteiger partial charge in [-0.25, -0.2) is 4.98 Å². The fourth-order valence-electron chi connectivity index (χ4n) is 5.44. The zero-order valence-electron chi connectivity index (χ0n) is 19.9. The SMILES string of the molecule is c1cc(Nc2cnc3c(c2)C2CCC3C2)nc(Nc2ccc(OCCCN3CCOCC3)cc2)n1. The summed E-state index contributed by atoms with van der Waals surface area (Å²) < 4.78 is 11.3. The van der Waals surface area contributed by atoms with Gasteiger partial charge in [-0.05, 0) is 73.6 Å². The summed E-state index contributed by atoms with van der Waals surface area (Å²) in [6, 6.07) is 12.0. The topological polar surface area (TPSA) is 84.4 Å². The fraction of sp³-hybridized carbons (Fsp3) is 0.444. The summed E-state index contributed by atoms with van der Waals surface area (Å²) in [5, 5.41) is 6.68. The third-order valence-electron chi connectivity index (χ3n) is 7.24. The molecule has 2 N–H and O–H groups in total. The Morgan fingerprint density at radius 2 is 1.83 bits per heavy atom. The van der Waals surface area contributed by atoms with Gasteiger partial charge in [-0.1, -0.05) is 0 Å². The standard InChI is InChI=1S/C27H32N6O2/c1(10-33-11-14-34-15-12-33)13-35-23-6-4-21(5-7-23)31-27-28-9-8-25(32-27)30-22-17-24-19-2-3-20(16-19)26(24)29-18-22/h4-9,17-20H,1-3,10-16H2,(H2,28,30,31,32). The summed E-state index contributed by atoms with van der Waals surface area (Å²) in [6.07, 6.45) is 8.55. The van der Waals surface area contributed by atoms with Crippen LogP contribution in [-0.4, -0.2) is 59.3 Å². The van der Waals surface area contributed by atoms with E-state index in [1.54, 1.807) is 6.20 Å². The van der Waals surface area contributed by atoms with Gasteiger partial charge < -0.3 is 20.1 Å². The molecule has 182 valence electrons. The van der Waals surface area contributed by atoms with Gasteiger partial charge in [-0.15, -0.1) is 0 Å². The molecule has 1 saturated carbocycles. The van der Waals surface area contributed by atoms with Crippen LogP contribution in [0.5, 0.6) is 5.75 Å². The first-order valence-corrected chi connectivity index (χ1v) is 12.7. The Bertz CT molecular complexity index is 1150. The van der Waals surface area contributed by atoms with Crippen molar-refractivity contribution < 1.29 is 9.47 Å². The minimum Gasteiger partial charge on any atom is -0.494 e. The van der Waals surface area contributed by atoms with Crippen LogP contribution in [-0.2, 0) is 4.74 Å². The van der Waals surface area contributed by atoms with Gasteiger partial charge in [0, 0.05) is 43.1 Å². The first kappa shape index (κ1) is 22.2. The maximum Gasteiger partial charge on any atom is 0.229 e. The van der Waals surface area contributed by atoms with Crippen molar-refractivity contribution in [2.75, 3.05) is 50.1 Å². The summed E-state index contributed by atoms with van der Waals surface area (Å²) in [5.74, 6) is 3.51. The molecule has 2 aromatic heterocycles. The minimum atomic E-state index is 0.544. The second kappa shape index (κ2) is 10.2. The van der Waals surface area contributed by atoms with Crippen LogP contribution in [0.4, 0.5) is 23.1 Å². The molecular formula is C27H32N6O2. The molecule has 8 heteroatoms. The monoisotopic (exact) mass is 472 g/mol. The van der Waals surface area contributed by atoms with Crippen LogP contribution in [0.15, 0.2) is 48.8 Å². The normalized spacial score (nSPS) is 21.0. The summed E-state index contributed by atoms with van der Waals surface area (Å²) in [7, 11) is 0. The third kappa shape index (κ3) is 5.23. The van der Waals surface area contributed by atoms with Crippen molar-refractivity contribution in [1.29, 1.82) is 0 Å². The number of fused-ring (bicyclic) bond motifs is 5. The number of ether oxygens (including phenoxy) is 2. The molecule has 2 aliphatic carbocycles. The van der Waals surface area contributed by atoms with Gasteiger partial charge in [0.25, 0.3) is 0 Å². The van der Waals surface area contributed by atoms with Gasteiger partial charge in [0.05, 0.1) is 31.7 Å². The van der Waals surface area contributed by atoms with Gasteiger partial charge in [-0.3, -0.25) is 9.88 Å². The number of anilines is 4. The molecule has 8 nitrogen and oxygen atoms in total. The van der Waals surface area contributed by atoms with E-state index in [1.807, 2.05) is 36.5 Å². The fourth-order valence-corrected chi connectivity index (χ4v) is 5.44. The molecule has 0 spiro atoms. The molecule has 6 rings (SSSR count). The Kier molecular flexibility index (Phi) is 6.47. The smallest absolute Gasteiger partial charge is 0.229 e. The van der Waals surface area contributed by atoms with Gasteiger partial charge >= 0.3 is 0 Å². The van der Waals surface area contributed by atoms with E-state index in [2.05, 4.69) is 31.6 Å². The van der Waals surface area contributed by atoms with Crippen molar-refractivity contribution in [2.45, 2.75) is 37.5 Å². The summed E-state index contributed by atoms with van der Waals surface area (Å²) in [6.45, 7) is 5.47. The Hall–Kier alpha value is -3.23. The molecule has 3 aliphatic rings. The lowest BCUT2D eigenvalue weighted by Gasteiger charge is -2.26. The van der Waals surface area contributed by atoms with Crippen LogP contribution >= 0.6 is 0 Å². The predicted octanol–water partition coefficient (Wildman–Crippen LogP) is 4.82. The molecule has 1 saturated heterocycles. The van der Waals surface area contributed by atoms with Crippen molar-refractivity contribution in [3.63, 3.8) is 0 Å². The molecule has 0 radical (unpaired) electrons. The number of rotatable bonds is 9. The van der Waals surface area contributed by atoms with Crippen LogP contribution in [0, 0.1) is 0 Å². The van der Waals surface area contributed by atoms with Gasteiger partial charge in [0.15, 0.2) is 0 Å². The van der Waals surface area contributed by atoms with Gasteiger partial charge in [0.2, 0.25) is 5.95 Å². The summed E-state index contributed by atoms with van der Waals surface area (Å²) in [4.78, 5) is 16.2. The molecule has 2 bridgehead atoms. The zero-order valence-corrected chi connectivity index (χ0v) is 19.9. The van der Waals surface area contributed by atoms with Crippen molar-refractivity contribution in [2.24, 2.45) is 0 Å². The Labute approximate surface area is 206 Å². The van der Waals surface area contributed by atoms with E-state index < -0.39 is 0 Å². The van der Waals surface area contributed by atoms with E-state index in [9.17, 15) is 0 Å². The van der Waals surface area contributed by atoms with E-state index in [1.165, 1.54) is 30.5 Å². The maximum absolute atomic E-state index is 5.90. The maximum atomic E-state index is 5.90. The molecule has 1 aliphatic heterocycles. The first-order chi connectivity index (χ1) is 17.3. The number of hydrogen-bond acceptors (Lipinski definition) is 8. The number of morpholine rings is 1. The van der Waals surface area contributed by atoms with Crippen LogP contribution in [0.1, 0.15) is 48.8 Å². The largest absolute Gasteiger partial charge is 0.494 e. The number of hydrogen-bond donors (Lipinski definition) is 2. The molecule has 35 heavy (non-hydrogen) atoms. The number of benzene rings is 1. The minimum absolute atomic E-state index is 0.544. The lowest BCUT2D eigenvalue weighted by Crippen LogP contribution is -2.37. The molecule has 2 atom stereocenters. The Morgan fingerprint density at radius 3 is 2.71 bits per heavy atom. The lowest BCUT2D eigenvalue weighted by molar-refractivity contribution is 0.0358. The Morgan fingerprint density at radius 1 is 0.971 bits per heavy atom. The molecular weight excluding hydrogens is 440 g/mol. The van der Waals surface area contributed by atoms with E-state index in [0.717, 1.165) is 62.2 Å². The second-order valence-electron chi connectivity index (χ2n) is 9.60. The molecule has 3 aromatic rings. The highest BCUT2D eigenvalue weighted by Gasteiger charge is 2.38. The first-order valence-electron chi connectivity index (χ1n) is 12.7. The third-order valence-corrected chi connectivity index (χ3v) is 7.24. The Balaban J connectivity index is 1.01. The zero-order chi connectivity index (χ0) is 23.5. The predicted molar refractivity (Wildman–Crippen MR) is 136 cm³/mol. The van der Waals surface area contributed by atoms with E-state index in [0.29, 0.717) is 24.4 Å². The van der Waals surface area contributed by atoms with E-state index in [-0.39, 0.29) is 0 Å². The van der Waals surface area contributed by atoms with Crippen LogP contribution < -0.4 is 15.4 Å². The van der Waals surface area contributed by atoms with Crippen molar-refractivity contribution in [3.8, 4) is 5.75 Å². The summed E-state index contributed by atoms with van der Waals surface area (Å²) in [5.41, 5.74) is 4.62. The summed E-state index contributed by atoms with van der Waals surface area (Å²) >= 11 is 0. The highest BCUT2D eigenvalue weighted by Crippen LogP contribution is 2.52. The highest BCUT2D eigenvalue weighted by molar-refractivity contribution is 5.61. The lowest BCUT2D eigenvalue weighted by atomic mass is 9.96. The molecule has 2 fully saturated rings. The van der Waals surface area contributed by atoms with Crippen LogP contribution in [0.3, 0.4) is 0 Å². The van der Waals surface area contributed by atoms with Crippen LogP contribution in [0.25, 0.3) is 0 Å². The molecule has 2 unspecified atom stereocenters. The second-order valence-corrected chi connectivity index (χ2v) is 9.60. The average Bonchev–Trinajstić information content (AvgIpc) is 3.51. The highest BCUT2D eigenvalue weighted by atomic mass is 16.5.